The van der Waals surface area contributed by atoms with Crippen LogP contribution in [0.1, 0.15) is 31.1 Å². The number of pyridine rings is 1. The normalized spacial score (nSPS) is 12.7. The van der Waals surface area contributed by atoms with Crippen molar-refractivity contribution < 1.29 is 19.1 Å². The van der Waals surface area contributed by atoms with Gasteiger partial charge >= 0.3 is 0 Å². The van der Waals surface area contributed by atoms with Crippen LogP contribution in [0.5, 0.6) is 5.75 Å². The van der Waals surface area contributed by atoms with E-state index in [1.807, 2.05) is 0 Å². The molecule has 1 N–H and O–H groups in total. The molecule has 29 heavy (non-hydrogen) atoms. The van der Waals surface area contributed by atoms with Crippen molar-refractivity contribution in [2.24, 2.45) is 0 Å². The molecule has 0 spiro atoms. The van der Waals surface area contributed by atoms with Gasteiger partial charge in [0.25, 0.3) is 17.7 Å². The molecule has 2 heterocycles. The Labute approximate surface area is 170 Å². The summed E-state index contributed by atoms with van der Waals surface area (Å²) < 4.78 is 5.37. The van der Waals surface area contributed by atoms with Crippen molar-refractivity contribution in [1.82, 2.24) is 4.98 Å². The van der Waals surface area contributed by atoms with Crippen LogP contribution in [0.4, 0.5) is 11.4 Å². The fourth-order valence-electron chi connectivity index (χ4n) is 3.10. The highest BCUT2D eigenvalue weighted by molar-refractivity contribution is 6.35. The number of amides is 3. The molecule has 0 fully saturated rings. The Morgan fingerprint density at radius 2 is 1.72 bits per heavy atom. The molecule has 1 aliphatic heterocycles. The van der Waals surface area contributed by atoms with Crippen molar-refractivity contribution in [3.05, 3.63) is 82.6 Å². The molecule has 2 aromatic carbocycles. The molecule has 3 aromatic rings. The van der Waals surface area contributed by atoms with Gasteiger partial charge in [-0.15, -0.1) is 0 Å². The van der Waals surface area contributed by atoms with Crippen molar-refractivity contribution >= 4 is 40.7 Å². The van der Waals surface area contributed by atoms with Gasteiger partial charge in [0.2, 0.25) is 0 Å². The van der Waals surface area contributed by atoms with Gasteiger partial charge in [-0.05, 0) is 36.4 Å². The Morgan fingerprint density at radius 3 is 2.34 bits per heavy atom. The maximum Gasteiger partial charge on any atom is 0.266 e. The maximum absolute atomic E-state index is 12.7. The van der Waals surface area contributed by atoms with Gasteiger partial charge in [-0.1, -0.05) is 23.7 Å². The summed E-state index contributed by atoms with van der Waals surface area (Å²) >= 11 is 5.95. The SMILES string of the molecule is COc1cc(NC(=O)c2cccnc2Cl)ccc1N1C(=O)c2ccccc2C1=O. The number of benzene rings is 2. The van der Waals surface area contributed by atoms with Crippen molar-refractivity contribution in [3.8, 4) is 5.75 Å². The van der Waals surface area contributed by atoms with Gasteiger partial charge < -0.3 is 10.1 Å². The van der Waals surface area contributed by atoms with Crippen molar-refractivity contribution in [3.63, 3.8) is 0 Å². The van der Waals surface area contributed by atoms with Gasteiger partial charge in [-0.3, -0.25) is 14.4 Å². The first-order valence-corrected chi connectivity index (χ1v) is 8.97. The van der Waals surface area contributed by atoms with Crippen LogP contribution in [0.25, 0.3) is 0 Å². The summed E-state index contributed by atoms with van der Waals surface area (Å²) in [5, 5.41) is 2.78. The summed E-state index contributed by atoms with van der Waals surface area (Å²) in [7, 11) is 1.42. The number of aromatic nitrogens is 1. The Kier molecular flexibility index (Phi) is 4.74. The lowest BCUT2D eigenvalue weighted by molar-refractivity contribution is 0.0923. The molecule has 144 valence electrons. The predicted molar refractivity (Wildman–Crippen MR) is 108 cm³/mol. The van der Waals surface area contributed by atoms with E-state index < -0.39 is 17.7 Å². The number of rotatable bonds is 4. The van der Waals surface area contributed by atoms with Gasteiger partial charge in [0, 0.05) is 18.0 Å². The zero-order chi connectivity index (χ0) is 20.5. The molecule has 4 rings (SSSR count). The van der Waals surface area contributed by atoms with Gasteiger partial charge in [-0.25, -0.2) is 9.88 Å². The van der Waals surface area contributed by atoms with Crippen LogP contribution in [-0.2, 0) is 0 Å². The molecule has 0 saturated carbocycles. The predicted octanol–water partition coefficient (Wildman–Crippen LogP) is 3.80. The van der Waals surface area contributed by atoms with E-state index in [4.69, 9.17) is 16.3 Å². The number of carbonyl (C=O) groups is 3. The minimum absolute atomic E-state index is 0.0830. The summed E-state index contributed by atoms with van der Waals surface area (Å²) in [4.78, 5) is 42.8. The van der Waals surface area contributed by atoms with Crippen LogP contribution < -0.4 is 15.0 Å². The Balaban J connectivity index is 1.65. The number of ether oxygens (including phenoxy) is 1. The second kappa shape index (κ2) is 7.37. The second-order valence-corrected chi connectivity index (χ2v) is 6.53. The van der Waals surface area contributed by atoms with E-state index in [9.17, 15) is 14.4 Å². The fourth-order valence-corrected chi connectivity index (χ4v) is 3.31. The third kappa shape index (κ3) is 3.21. The number of nitrogens with one attached hydrogen (secondary N) is 1. The molecular weight excluding hydrogens is 394 g/mol. The van der Waals surface area contributed by atoms with Gasteiger partial charge in [-0.2, -0.15) is 0 Å². The first-order valence-electron chi connectivity index (χ1n) is 8.59. The molecule has 0 radical (unpaired) electrons. The molecule has 3 amide bonds. The molecule has 0 unspecified atom stereocenters. The number of imide groups is 1. The van der Waals surface area contributed by atoms with E-state index in [0.29, 0.717) is 16.8 Å². The number of hydrogen-bond acceptors (Lipinski definition) is 5. The smallest absolute Gasteiger partial charge is 0.266 e. The van der Waals surface area contributed by atoms with Gasteiger partial charge in [0.05, 0.1) is 29.5 Å². The largest absolute Gasteiger partial charge is 0.494 e. The van der Waals surface area contributed by atoms with E-state index in [1.54, 1.807) is 48.5 Å². The average molecular weight is 408 g/mol. The van der Waals surface area contributed by atoms with Crippen LogP contribution in [0.15, 0.2) is 60.8 Å². The molecule has 0 bridgehead atoms. The number of anilines is 2. The van der Waals surface area contributed by atoms with Crippen molar-refractivity contribution in [1.29, 1.82) is 0 Å². The highest BCUT2D eigenvalue weighted by atomic mass is 35.5. The Hall–Kier alpha value is -3.71. The summed E-state index contributed by atoms with van der Waals surface area (Å²) in [6.45, 7) is 0. The minimum atomic E-state index is -0.446. The van der Waals surface area contributed by atoms with Crippen molar-refractivity contribution in [2.45, 2.75) is 0 Å². The van der Waals surface area contributed by atoms with Gasteiger partial charge in [0.15, 0.2) is 0 Å². The van der Waals surface area contributed by atoms with Crippen molar-refractivity contribution in [2.75, 3.05) is 17.3 Å². The lowest BCUT2D eigenvalue weighted by Gasteiger charge is -2.18. The average Bonchev–Trinajstić information content (AvgIpc) is 2.99. The van der Waals surface area contributed by atoms with Crippen LogP contribution in [-0.4, -0.2) is 29.8 Å². The molecular formula is C21H14ClN3O4. The monoisotopic (exact) mass is 407 g/mol. The zero-order valence-corrected chi connectivity index (χ0v) is 15.9. The third-order valence-electron chi connectivity index (χ3n) is 4.48. The highest BCUT2D eigenvalue weighted by Gasteiger charge is 2.37. The molecule has 0 aliphatic carbocycles. The number of methoxy groups -OCH3 is 1. The van der Waals surface area contributed by atoms with Crippen LogP contribution >= 0.6 is 11.6 Å². The van der Waals surface area contributed by atoms with Gasteiger partial charge in [0.1, 0.15) is 10.9 Å². The minimum Gasteiger partial charge on any atom is -0.494 e. The summed E-state index contributed by atoms with van der Waals surface area (Å²) in [5.41, 5.74) is 1.59. The molecule has 7 nitrogen and oxygen atoms in total. The number of fused-ring (bicyclic) bond motifs is 1. The highest BCUT2D eigenvalue weighted by Crippen LogP contribution is 2.36. The first-order chi connectivity index (χ1) is 14.0. The van der Waals surface area contributed by atoms with E-state index >= 15 is 0 Å². The van der Waals surface area contributed by atoms with Crippen LogP contribution in [0.3, 0.4) is 0 Å². The standard InChI is InChI=1S/C21H14ClN3O4/c1-29-17-11-12(24-19(26)15-7-4-10-23-18(15)22)8-9-16(17)25-20(27)13-5-2-3-6-14(13)21(25)28/h2-11H,1H3,(H,24,26). The Morgan fingerprint density at radius 1 is 1.03 bits per heavy atom. The molecule has 0 atom stereocenters. The van der Waals surface area contributed by atoms with E-state index in [-0.39, 0.29) is 22.2 Å². The number of hydrogen-bond donors (Lipinski definition) is 1. The first kappa shape index (κ1) is 18.6. The van der Waals surface area contributed by atoms with E-state index in [1.165, 1.54) is 19.4 Å². The molecule has 1 aliphatic rings. The lowest BCUT2D eigenvalue weighted by atomic mass is 10.1. The van der Waals surface area contributed by atoms with Crippen LogP contribution in [0, 0.1) is 0 Å². The maximum atomic E-state index is 12.7. The van der Waals surface area contributed by atoms with E-state index in [0.717, 1.165) is 4.90 Å². The summed E-state index contributed by atoms with van der Waals surface area (Å²) in [6.07, 6.45) is 1.49. The topological polar surface area (TPSA) is 88.6 Å². The number of carbonyl (C=O) groups excluding carboxylic acids is 3. The summed E-state index contributed by atoms with van der Waals surface area (Å²) in [5.74, 6) is -1.04. The number of nitrogens with zero attached hydrogens (tertiary/aromatic N) is 2. The second-order valence-electron chi connectivity index (χ2n) is 6.17. The molecule has 8 heteroatoms. The summed E-state index contributed by atoms with van der Waals surface area (Å²) in [6, 6.07) is 14.4. The molecule has 0 saturated heterocycles. The lowest BCUT2D eigenvalue weighted by Crippen LogP contribution is -2.29. The fraction of sp³-hybridized carbons (Fsp3) is 0.0476. The quantitative estimate of drug-likeness (QED) is 0.525. The van der Waals surface area contributed by atoms with E-state index in [2.05, 4.69) is 10.3 Å². The third-order valence-corrected chi connectivity index (χ3v) is 4.78. The van der Waals surface area contributed by atoms with Crippen LogP contribution in [0.2, 0.25) is 5.15 Å². The Bertz CT molecular complexity index is 1130. The molecule has 1 aromatic heterocycles. The zero-order valence-electron chi connectivity index (χ0n) is 15.2. The number of halogens is 1.